The number of nitrogens with one attached hydrogen (secondary N) is 1. The van der Waals surface area contributed by atoms with Crippen LogP contribution in [0.1, 0.15) is 36.5 Å². The fourth-order valence-corrected chi connectivity index (χ4v) is 3.59. The lowest BCUT2D eigenvalue weighted by molar-refractivity contribution is 0.356. The molecule has 1 N–H and O–H groups in total. The number of hydrogen-bond donors (Lipinski definition) is 1. The van der Waals surface area contributed by atoms with E-state index in [4.69, 9.17) is 4.52 Å². The van der Waals surface area contributed by atoms with Crippen molar-refractivity contribution < 1.29 is 4.52 Å². The van der Waals surface area contributed by atoms with Gasteiger partial charge in [-0.05, 0) is 37.8 Å². The second-order valence-electron chi connectivity index (χ2n) is 5.17. The first kappa shape index (κ1) is 16.3. The molecular weight excluding hydrogens is 306 g/mol. The largest absolute Gasteiger partial charge is 0.339 e. The molecule has 1 aromatic carbocycles. The van der Waals surface area contributed by atoms with Crippen LogP contribution in [0, 0.1) is 0 Å². The molecule has 0 saturated heterocycles. The van der Waals surface area contributed by atoms with Gasteiger partial charge in [0.15, 0.2) is 5.82 Å². The number of thioether (sulfide) groups is 1. The molecule has 0 aliphatic carbocycles. The first-order chi connectivity index (χ1) is 9.78. The maximum atomic E-state index is 5.51. The summed E-state index contributed by atoms with van der Waals surface area (Å²) in [7, 11) is 1.94. The van der Waals surface area contributed by atoms with Crippen molar-refractivity contribution in [2.75, 3.05) is 12.8 Å². The summed E-state index contributed by atoms with van der Waals surface area (Å²) in [5.41, 5.74) is 1.32. The number of benzene rings is 1. The zero-order chi connectivity index (χ0) is 13.9. The summed E-state index contributed by atoms with van der Waals surface area (Å²) < 4.78 is 5.51. The third kappa shape index (κ3) is 3.59. The van der Waals surface area contributed by atoms with Crippen LogP contribution in [0.2, 0.25) is 0 Å². The predicted molar refractivity (Wildman–Crippen MR) is 87.4 cm³/mol. The molecule has 0 spiro atoms. The summed E-state index contributed by atoms with van der Waals surface area (Å²) in [6.07, 6.45) is 1.86. The van der Waals surface area contributed by atoms with Crippen LogP contribution in [0.15, 0.2) is 33.7 Å². The van der Waals surface area contributed by atoms with Crippen molar-refractivity contribution in [3.63, 3.8) is 0 Å². The molecule has 0 bridgehead atoms. The Hall–Kier alpha value is -1.04. The molecule has 0 saturated carbocycles. The minimum atomic E-state index is 0. The van der Waals surface area contributed by atoms with Crippen molar-refractivity contribution in [3.8, 4) is 0 Å². The lowest BCUT2D eigenvalue weighted by Gasteiger charge is -2.21. The van der Waals surface area contributed by atoms with Crippen LogP contribution in [0.25, 0.3) is 0 Å². The summed E-state index contributed by atoms with van der Waals surface area (Å²) in [6, 6.07) is 8.87. The van der Waals surface area contributed by atoms with Crippen LogP contribution in [-0.4, -0.2) is 29.0 Å². The molecular formula is C15H20ClN3OS. The Kier molecular flexibility index (Phi) is 5.67. The number of halogens is 1. The highest BCUT2D eigenvalue weighted by atomic mass is 35.5. The molecule has 2 heterocycles. The first-order valence-electron chi connectivity index (χ1n) is 6.99. The van der Waals surface area contributed by atoms with E-state index in [9.17, 15) is 0 Å². The van der Waals surface area contributed by atoms with Gasteiger partial charge in [0, 0.05) is 17.4 Å². The van der Waals surface area contributed by atoms with E-state index in [0.717, 1.165) is 30.3 Å². The minimum absolute atomic E-state index is 0. The highest BCUT2D eigenvalue weighted by Crippen LogP contribution is 2.40. The highest BCUT2D eigenvalue weighted by Gasteiger charge is 2.26. The topological polar surface area (TPSA) is 51.0 Å². The fourth-order valence-electron chi connectivity index (χ4n) is 2.47. The van der Waals surface area contributed by atoms with Gasteiger partial charge >= 0.3 is 0 Å². The van der Waals surface area contributed by atoms with Crippen molar-refractivity contribution in [1.29, 1.82) is 0 Å². The number of likely N-dealkylation sites (N-methyl/N-ethyl adjacent to an activating group) is 1. The average molecular weight is 326 g/mol. The van der Waals surface area contributed by atoms with Crippen LogP contribution in [-0.2, 0) is 6.42 Å². The summed E-state index contributed by atoms with van der Waals surface area (Å²) in [5.74, 6) is 2.90. The molecule has 3 rings (SSSR count). The van der Waals surface area contributed by atoms with E-state index < -0.39 is 0 Å². The Labute approximate surface area is 135 Å². The molecule has 0 fully saturated rings. The number of rotatable bonds is 4. The standard InChI is InChI=1S/C15H19N3OS.ClH/c1-10(16-2)9-14-17-15(19-18-14)12-7-8-20-13-6-4-3-5-11(12)13;/h3-6,10,12,16H,7-9H2,1-2H3;1H. The van der Waals surface area contributed by atoms with Gasteiger partial charge in [-0.25, -0.2) is 0 Å². The number of aromatic nitrogens is 2. The summed E-state index contributed by atoms with van der Waals surface area (Å²) in [5, 5.41) is 7.31. The molecule has 114 valence electrons. The predicted octanol–water partition coefficient (Wildman–Crippen LogP) is 3.27. The lowest BCUT2D eigenvalue weighted by atomic mass is 9.96. The second kappa shape index (κ2) is 7.29. The molecule has 4 nitrogen and oxygen atoms in total. The SMILES string of the molecule is CNC(C)Cc1noc(C2CCSc3ccccc32)n1.Cl. The molecule has 2 unspecified atom stereocenters. The van der Waals surface area contributed by atoms with Crippen molar-refractivity contribution in [2.24, 2.45) is 0 Å². The summed E-state index contributed by atoms with van der Waals surface area (Å²) in [4.78, 5) is 5.93. The van der Waals surface area contributed by atoms with Gasteiger partial charge in [0.2, 0.25) is 5.89 Å². The quantitative estimate of drug-likeness (QED) is 0.935. The van der Waals surface area contributed by atoms with E-state index in [1.54, 1.807) is 0 Å². The van der Waals surface area contributed by atoms with E-state index in [1.807, 2.05) is 18.8 Å². The van der Waals surface area contributed by atoms with Gasteiger partial charge in [-0.3, -0.25) is 0 Å². The Morgan fingerprint density at radius 1 is 1.43 bits per heavy atom. The van der Waals surface area contributed by atoms with Gasteiger partial charge in [-0.1, -0.05) is 23.4 Å². The van der Waals surface area contributed by atoms with Crippen molar-refractivity contribution in [1.82, 2.24) is 15.5 Å². The highest BCUT2D eigenvalue weighted by molar-refractivity contribution is 7.99. The smallest absolute Gasteiger partial charge is 0.234 e. The van der Waals surface area contributed by atoms with Crippen LogP contribution in [0.3, 0.4) is 0 Å². The molecule has 1 aliphatic rings. The van der Waals surface area contributed by atoms with E-state index in [0.29, 0.717) is 6.04 Å². The van der Waals surface area contributed by atoms with E-state index in [2.05, 4.69) is 46.6 Å². The molecule has 0 amide bonds. The molecule has 21 heavy (non-hydrogen) atoms. The van der Waals surface area contributed by atoms with Crippen LogP contribution >= 0.6 is 24.2 Å². The lowest BCUT2D eigenvalue weighted by Crippen LogP contribution is -2.24. The molecule has 1 aliphatic heterocycles. The normalized spacial score (nSPS) is 18.7. The van der Waals surface area contributed by atoms with Gasteiger partial charge in [-0.2, -0.15) is 4.98 Å². The maximum absolute atomic E-state index is 5.51. The third-order valence-electron chi connectivity index (χ3n) is 3.72. The zero-order valence-corrected chi connectivity index (χ0v) is 13.8. The Bertz CT molecular complexity index is 590. The molecule has 6 heteroatoms. The fraction of sp³-hybridized carbons (Fsp3) is 0.467. The van der Waals surface area contributed by atoms with E-state index in [1.165, 1.54) is 10.5 Å². The van der Waals surface area contributed by atoms with E-state index in [-0.39, 0.29) is 18.3 Å². The number of fused-ring (bicyclic) bond motifs is 1. The van der Waals surface area contributed by atoms with Gasteiger partial charge in [0.25, 0.3) is 0 Å². The third-order valence-corrected chi connectivity index (χ3v) is 4.84. The maximum Gasteiger partial charge on any atom is 0.234 e. The second-order valence-corrected chi connectivity index (χ2v) is 6.31. The minimum Gasteiger partial charge on any atom is -0.339 e. The first-order valence-corrected chi connectivity index (χ1v) is 7.98. The zero-order valence-electron chi connectivity index (χ0n) is 12.2. The Morgan fingerprint density at radius 3 is 3.05 bits per heavy atom. The molecule has 2 atom stereocenters. The van der Waals surface area contributed by atoms with E-state index >= 15 is 0 Å². The van der Waals surface area contributed by atoms with Gasteiger partial charge in [0.1, 0.15) is 0 Å². The van der Waals surface area contributed by atoms with Gasteiger partial charge in [0.05, 0.1) is 5.92 Å². The van der Waals surface area contributed by atoms with Crippen molar-refractivity contribution in [3.05, 3.63) is 41.5 Å². The van der Waals surface area contributed by atoms with Gasteiger partial charge < -0.3 is 9.84 Å². The molecule has 2 aromatic rings. The van der Waals surface area contributed by atoms with Gasteiger partial charge in [-0.15, -0.1) is 24.2 Å². The Balaban J connectivity index is 0.00000161. The summed E-state index contributed by atoms with van der Waals surface area (Å²) in [6.45, 7) is 2.11. The van der Waals surface area contributed by atoms with Crippen LogP contribution in [0.4, 0.5) is 0 Å². The van der Waals surface area contributed by atoms with Crippen molar-refractivity contribution >= 4 is 24.2 Å². The Morgan fingerprint density at radius 2 is 2.24 bits per heavy atom. The number of nitrogens with zero attached hydrogens (tertiary/aromatic N) is 2. The van der Waals surface area contributed by atoms with Crippen molar-refractivity contribution in [2.45, 2.75) is 36.6 Å². The number of hydrogen-bond acceptors (Lipinski definition) is 5. The molecule has 1 aromatic heterocycles. The monoisotopic (exact) mass is 325 g/mol. The van der Waals surface area contributed by atoms with Crippen LogP contribution in [0.5, 0.6) is 0 Å². The molecule has 0 radical (unpaired) electrons. The van der Waals surface area contributed by atoms with Crippen LogP contribution < -0.4 is 5.32 Å². The summed E-state index contributed by atoms with van der Waals surface area (Å²) >= 11 is 1.91. The average Bonchev–Trinajstić information content (AvgIpc) is 2.94.